The first-order valence-corrected chi connectivity index (χ1v) is 9.59. The zero-order valence-electron chi connectivity index (χ0n) is 16.4. The van der Waals surface area contributed by atoms with Crippen LogP contribution in [0.1, 0.15) is 38.4 Å². The van der Waals surface area contributed by atoms with Gasteiger partial charge in [0.15, 0.2) is 11.8 Å². The fourth-order valence-corrected chi connectivity index (χ4v) is 2.60. The number of aliphatic imine (C=N–C) groups is 1. The fourth-order valence-electron chi connectivity index (χ4n) is 2.60. The maximum absolute atomic E-state index is 5.28. The highest BCUT2D eigenvalue weighted by molar-refractivity contribution is 5.79. The van der Waals surface area contributed by atoms with Crippen molar-refractivity contribution in [2.24, 2.45) is 4.99 Å². The normalized spacial score (nSPS) is 11.4. The number of rotatable bonds is 11. The Labute approximate surface area is 161 Å². The zero-order chi connectivity index (χ0) is 19.3. The fraction of sp³-hybridized carbons (Fsp3) is 0.500. The van der Waals surface area contributed by atoms with E-state index < -0.39 is 0 Å². The molecule has 0 unspecified atom stereocenters. The number of pyridine rings is 1. The summed E-state index contributed by atoms with van der Waals surface area (Å²) in [7, 11) is 2.07. The molecule has 0 fully saturated rings. The molecule has 0 saturated heterocycles. The minimum absolute atomic E-state index is 0.443. The first kappa shape index (κ1) is 20.6. The Bertz CT molecular complexity index is 698. The molecular weight excluding hydrogens is 340 g/mol. The first-order chi connectivity index (χ1) is 13.2. The third-order valence-corrected chi connectivity index (χ3v) is 4.05. The van der Waals surface area contributed by atoms with Crippen molar-refractivity contribution in [3.63, 3.8) is 0 Å². The molecule has 1 N–H and O–H groups in total. The molecule has 0 amide bonds. The molecule has 0 saturated carbocycles. The SMILES string of the molecule is C=CCCCCCN(C)C(=NCCc1noc(-c2ccccn2)n1)NCC. The summed E-state index contributed by atoms with van der Waals surface area (Å²) in [6, 6.07) is 5.60. The van der Waals surface area contributed by atoms with Gasteiger partial charge < -0.3 is 14.7 Å². The quantitative estimate of drug-likeness (QED) is 0.283. The first-order valence-electron chi connectivity index (χ1n) is 9.59. The standard InChI is InChI=1S/C20H30N6O/c1-4-6-7-8-11-16-26(3)20(21-5-2)23-15-13-18-24-19(27-25-18)17-12-9-10-14-22-17/h4,9-10,12,14H,1,5-8,11,13,15-16H2,2-3H3,(H,21,23). The third-order valence-electron chi connectivity index (χ3n) is 4.05. The van der Waals surface area contributed by atoms with Crippen LogP contribution in [0.4, 0.5) is 0 Å². The van der Waals surface area contributed by atoms with Crippen LogP contribution in [-0.4, -0.2) is 52.7 Å². The van der Waals surface area contributed by atoms with Crippen LogP contribution in [-0.2, 0) is 6.42 Å². The van der Waals surface area contributed by atoms with Crippen LogP contribution < -0.4 is 5.32 Å². The molecule has 0 aliphatic rings. The Balaban J connectivity index is 1.83. The van der Waals surface area contributed by atoms with Crippen molar-refractivity contribution in [1.82, 2.24) is 25.3 Å². The van der Waals surface area contributed by atoms with Crippen molar-refractivity contribution in [2.75, 3.05) is 26.7 Å². The highest BCUT2D eigenvalue weighted by atomic mass is 16.5. The lowest BCUT2D eigenvalue weighted by Gasteiger charge is -2.21. The Morgan fingerprint density at radius 3 is 2.96 bits per heavy atom. The molecule has 27 heavy (non-hydrogen) atoms. The molecule has 0 aliphatic heterocycles. The highest BCUT2D eigenvalue weighted by Crippen LogP contribution is 2.13. The van der Waals surface area contributed by atoms with Gasteiger partial charge in [-0.15, -0.1) is 6.58 Å². The molecule has 0 radical (unpaired) electrons. The molecule has 0 bridgehead atoms. The molecule has 0 aliphatic carbocycles. The molecule has 7 nitrogen and oxygen atoms in total. The van der Waals surface area contributed by atoms with Gasteiger partial charge in [-0.3, -0.25) is 9.98 Å². The average Bonchev–Trinajstić information content (AvgIpc) is 3.16. The molecule has 146 valence electrons. The number of guanidine groups is 1. The van der Waals surface area contributed by atoms with Gasteiger partial charge in [0.25, 0.3) is 5.89 Å². The van der Waals surface area contributed by atoms with E-state index in [4.69, 9.17) is 4.52 Å². The Morgan fingerprint density at radius 2 is 2.22 bits per heavy atom. The van der Waals surface area contributed by atoms with E-state index in [1.807, 2.05) is 24.3 Å². The summed E-state index contributed by atoms with van der Waals surface area (Å²) in [6.45, 7) is 8.26. The van der Waals surface area contributed by atoms with Crippen molar-refractivity contribution < 1.29 is 4.52 Å². The Morgan fingerprint density at radius 1 is 1.33 bits per heavy atom. The number of aromatic nitrogens is 3. The van der Waals surface area contributed by atoms with E-state index in [-0.39, 0.29) is 0 Å². The summed E-state index contributed by atoms with van der Waals surface area (Å²) in [5, 5.41) is 7.36. The van der Waals surface area contributed by atoms with E-state index in [0.717, 1.165) is 31.9 Å². The number of hydrogen-bond donors (Lipinski definition) is 1. The summed E-state index contributed by atoms with van der Waals surface area (Å²) < 4.78 is 5.28. The Kier molecular flexibility index (Phi) is 9.03. The molecular formula is C20H30N6O. The smallest absolute Gasteiger partial charge is 0.276 e. The second-order valence-electron chi connectivity index (χ2n) is 6.28. The van der Waals surface area contributed by atoms with E-state index in [1.165, 1.54) is 12.8 Å². The minimum Gasteiger partial charge on any atom is -0.357 e. The van der Waals surface area contributed by atoms with Crippen LogP contribution in [0.2, 0.25) is 0 Å². The predicted octanol–water partition coefficient (Wildman–Crippen LogP) is 3.32. The predicted molar refractivity (Wildman–Crippen MR) is 109 cm³/mol. The summed E-state index contributed by atoms with van der Waals surface area (Å²) in [5.41, 5.74) is 0.685. The van der Waals surface area contributed by atoms with Gasteiger partial charge in [0.05, 0.1) is 0 Å². The van der Waals surface area contributed by atoms with E-state index in [0.29, 0.717) is 30.4 Å². The van der Waals surface area contributed by atoms with E-state index in [1.54, 1.807) is 6.20 Å². The number of nitrogens with zero attached hydrogens (tertiary/aromatic N) is 5. The van der Waals surface area contributed by atoms with Gasteiger partial charge in [-0.25, -0.2) is 0 Å². The van der Waals surface area contributed by atoms with Crippen molar-refractivity contribution in [3.05, 3.63) is 42.9 Å². The van der Waals surface area contributed by atoms with Crippen LogP contribution in [0.25, 0.3) is 11.6 Å². The Hall–Kier alpha value is -2.70. The maximum atomic E-state index is 5.28. The lowest BCUT2D eigenvalue weighted by Crippen LogP contribution is -2.39. The monoisotopic (exact) mass is 370 g/mol. The largest absolute Gasteiger partial charge is 0.357 e. The number of unbranched alkanes of at least 4 members (excludes halogenated alkanes) is 3. The molecule has 7 heteroatoms. The van der Waals surface area contributed by atoms with Crippen LogP contribution in [0.15, 0.2) is 46.6 Å². The number of allylic oxidation sites excluding steroid dienone is 1. The van der Waals surface area contributed by atoms with Crippen LogP contribution in [0, 0.1) is 0 Å². The summed E-state index contributed by atoms with van der Waals surface area (Å²) in [6.07, 6.45) is 8.94. The van der Waals surface area contributed by atoms with Crippen molar-refractivity contribution in [1.29, 1.82) is 0 Å². The lowest BCUT2D eigenvalue weighted by molar-refractivity contribution is 0.421. The van der Waals surface area contributed by atoms with E-state index in [9.17, 15) is 0 Å². The number of nitrogens with one attached hydrogen (secondary N) is 1. The summed E-state index contributed by atoms with van der Waals surface area (Å²) in [5.74, 6) is 2.00. The molecule has 0 atom stereocenters. The highest BCUT2D eigenvalue weighted by Gasteiger charge is 2.10. The second-order valence-corrected chi connectivity index (χ2v) is 6.28. The van der Waals surface area contributed by atoms with Gasteiger partial charge in [0, 0.05) is 39.3 Å². The molecule has 2 aromatic rings. The summed E-state index contributed by atoms with van der Waals surface area (Å²) in [4.78, 5) is 15.5. The van der Waals surface area contributed by atoms with Gasteiger partial charge in [-0.2, -0.15) is 4.98 Å². The molecule has 0 spiro atoms. The maximum Gasteiger partial charge on any atom is 0.276 e. The minimum atomic E-state index is 0.443. The molecule has 2 heterocycles. The van der Waals surface area contributed by atoms with Gasteiger partial charge in [0.1, 0.15) is 5.69 Å². The van der Waals surface area contributed by atoms with Crippen LogP contribution in [0.5, 0.6) is 0 Å². The number of hydrogen-bond acceptors (Lipinski definition) is 5. The molecule has 2 aromatic heterocycles. The molecule has 0 aromatic carbocycles. The van der Waals surface area contributed by atoms with Crippen molar-refractivity contribution in [3.8, 4) is 11.6 Å². The summed E-state index contributed by atoms with van der Waals surface area (Å²) >= 11 is 0. The van der Waals surface area contributed by atoms with Crippen LogP contribution >= 0.6 is 0 Å². The molecule has 2 rings (SSSR count). The van der Waals surface area contributed by atoms with Gasteiger partial charge in [-0.05, 0) is 38.3 Å². The van der Waals surface area contributed by atoms with Crippen LogP contribution in [0.3, 0.4) is 0 Å². The topological polar surface area (TPSA) is 79.4 Å². The zero-order valence-corrected chi connectivity index (χ0v) is 16.4. The van der Waals surface area contributed by atoms with E-state index >= 15 is 0 Å². The van der Waals surface area contributed by atoms with Crippen molar-refractivity contribution in [2.45, 2.75) is 39.0 Å². The van der Waals surface area contributed by atoms with Gasteiger partial charge in [0.2, 0.25) is 0 Å². The van der Waals surface area contributed by atoms with Gasteiger partial charge in [-0.1, -0.05) is 23.7 Å². The third kappa shape index (κ3) is 7.21. The van der Waals surface area contributed by atoms with Crippen molar-refractivity contribution >= 4 is 5.96 Å². The lowest BCUT2D eigenvalue weighted by atomic mass is 10.2. The second kappa shape index (κ2) is 11.8. The average molecular weight is 371 g/mol. The van der Waals surface area contributed by atoms with Gasteiger partial charge >= 0.3 is 0 Å². The van der Waals surface area contributed by atoms with E-state index in [2.05, 4.69) is 50.9 Å².